The van der Waals surface area contributed by atoms with Crippen molar-refractivity contribution < 1.29 is 4.21 Å². The molecule has 4 rings (SSSR count). The molecule has 0 N–H and O–H groups in total. The monoisotopic (exact) mass is 386 g/mol. The van der Waals surface area contributed by atoms with Crippen molar-refractivity contribution in [2.75, 3.05) is 44.7 Å². The third-order valence-electron chi connectivity index (χ3n) is 6.43. The zero-order chi connectivity index (χ0) is 19.8. The van der Waals surface area contributed by atoms with Gasteiger partial charge in [-0.2, -0.15) is 0 Å². The summed E-state index contributed by atoms with van der Waals surface area (Å²) < 4.78 is 10.9. The lowest BCUT2D eigenvalue weighted by Crippen LogP contribution is -2.46. The van der Waals surface area contributed by atoms with E-state index in [1.165, 1.54) is 64.7 Å². The predicted molar refractivity (Wildman–Crippen MR) is 117 cm³/mol. The fourth-order valence-corrected chi connectivity index (χ4v) is 6.73. The van der Waals surface area contributed by atoms with Crippen molar-refractivity contribution >= 4 is 10.8 Å². The minimum atomic E-state index is -0.463. The molecule has 3 saturated heterocycles. The molecule has 2 spiro atoms. The Hall–Kier alpha value is 0.0700. The Labute approximate surface area is 166 Å². The third kappa shape index (κ3) is 6.31. The Bertz CT molecular complexity index is 410. The van der Waals surface area contributed by atoms with Crippen LogP contribution in [0.5, 0.6) is 0 Å². The van der Waals surface area contributed by atoms with Crippen molar-refractivity contribution in [3.05, 3.63) is 0 Å². The van der Waals surface area contributed by atoms with Crippen LogP contribution in [0.3, 0.4) is 0 Å². The summed E-state index contributed by atoms with van der Waals surface area (Å²) in [6.45, 7) is 17.8. The first-order valence-electron chi connectivity index (χ1n) is 11.2. The van der Waals surface area contributed by atoms with Gasteiger partial charge in [0.25, 0.3) is 0 Å². The fourth-order valence-electron chi connectivity index (χ4n) is 4.98. The van der Waals surface area contributed by atoms with Crippen LogP contribution in [-0.4, -0.2) is 64.8 Å². The van der Waals surface area contributed by atoms with E-state index in [2.05, 4.69) is 30.7 Å². The molecule has 4 aliphatic rings. The van der Waals surface area contributed by atoms with E-state index in [0.717, 1.165) is 23.0 Å². The summed E-state index contributed by atoms with van der Waals surface area (Å²) in [7, 11) is 1.69. The van der Waals surface area contributed by atoms with Crippen molar-refractivity contribution in [3.63, 3.8) is 0 Å². The van der Waals surface area contributed by atoms with Gasteiger partial charge in [0, 0.05) is 46.9 Å². The Morgan fingerprint density at radius 2 is 1.35 bits per heavy atom. The summed E-state index contributed by atoms with van der Waals surface area (Å²) in [4.78, 5) is 5.00. The van der Waals surface area contributed by atoms with E-state index < -0.39 is 10.8 Å². The van der Waals surface area contributed by atoms with E-state index in [0.29, 0.717) is 5.41 Å². The van der Waals surface area contributed by atoms with Gasteiger partial charge < -0.3 is 9.80 Å². The van der Waals surface area contributed by atoms with Gasteiger partial charge in [-0.05, 0) is 65.1 Å². The van der Waals surface area contributed by atoms with Crippen LogP contribution in [0, 0.1) is 10.8 Å². The molecule has 3 heterocycles. The molecule has 3 nitrogen and oxygen atoms in total. The highest BCUT2D eigenvalue weighted by atomic mass is 32.2. The molecule has 156 valence electrons. The van der Waals surface area contributed by atoms with Crippen molar-refractivity contribution in [1.82, 2.24) is 9.80 Å². The molecule has 3 aliphatic heterocycles. The van der Waals surface area contributed by atoms with Gasteiger partial charge in [-0.15, -0.1) is 0 Å². The maximum absolute atomic E-state index is 10.9. The van der Waals surface area contributed by atoms with E-state index in [9.17, 15) is 4.21 Å². The zero-order valence-electron chi connectivity index (χ0n) is 18.8. The summed E-state index contributed by atoms with van der Waals surface area (Å²) in [6.07, 6.45) is 8.75. The predicted octanol–water partition coefficient (Wildman–Crippen LogP) is 4.78. The summed E-state index contributed by atoms with van der Waals surface area (Å²) in [5.74, 6) is 1.94. The lowest BCUT2D eigenvalue weighted by atomic mass is 9.86. The highest BCUT2D eigenvalue weighted by molar-refractivity contribution is 7.86. The summed E-state index contributed by atoms with van der Waals surface area (Å²) in [5, 5.41) is 0. The Balaban J connectivity index is 0.000000221. The molecule has 0 amide bonds. The SMILES string of the molecule is CC.CC.CC(C)N1CCC2(CCCC2)C1.CN1CCC2(C1)CS(=O)C2. The van der Waals surface area contributed by atoms with Gasteiger partial charge in [-0.25, -0.2) is 0 Å². The maximum atomic E-state index is 10.9. The van der Waals surface area contributed by atoms with E-state index in [-0.39, 0.29) is 0 Å². The van der Waals surface area contributed by atoms with Crippen molar-refractivity contribution in [2.24, 2.45) is 10.8 Å². The third-order valence-corrected chi connectivity index (χ3v) is 8.29. The first-order chi connectivity index (χ1) is 12.4. The molecule has 0 aromatic carbocycles. The highest BCUT2D eigenvalue weighted by Gasteiger charge is 2.46. The standard InChI is InChI=1S/C11H21N.C7H13NOS.2C2H6/c1-10(2)12-8-7-11(9-12)5-3-4-6-11;1-8-3-2-7(4-8)5-10(9)6-7;2*1-2/h10H,3-9H2,1-2H3;2-6H2,1H3;2*1-2H3. The van der Waals surface area contributed by atoms with Gasteiger partial charge in [0.05, 0.1) is 0 Å². The van der Waals surface area contributed by atoms with Crippen LogP contribution >= 0.6 is 0 Å². The second-order valence-corrected chi connectivity index (χ2v) is 10.2. The van der Waals surface area contributed by atoms with Crippen LogP contribution in [-0.2, 0) is 10.8 Å². The Kier molecular flexibility index (Phi) is 10.4. The van der Waals surface area contributed by atoms with E-state index >= 15 is 0 Å². The molecule has 0 bridgehead atoms. The fraction of sp³-hybridized carbons (Fsp3) is 1.00. The molecular weight excluding hydrogens is 340 g/mol. The molecule has 1 aliphatic carbocycles. The maximum Gasteiger partial charge on any atom is 0.0313 e. The minimum Gasteiger partial charge on any atom is -0.306 e. The van der Waals surface area contributed by atoms with Crippen molar-refractivity contribution in [3.8, 4) is 0 Å². The van der Waals surface area contributed by atoms with E-state index in [1.54, 1.807) is 0 Å². The minimum absolute atomic E-state index is 0.463. The van der Waals surface area contributed by atoms with Crippen LogP contribution in [0.4, 0.5) is 0 Å². The number of hydrogen-bond acceptors (Lipinski definition) is 3. The smallest absolute Gasteiger partial charge is 0.0313 e. The van der Waals surface area contributed by atoms with Crippen LogP contribution < -0.4 is 0 Å². The van der Waals surface area contributed by atoms with Crippen LogP contribution in [0.25, 0.3) is 0 Å². The second-order valence-electron chi connectivity index (χ2n) is 8.74. The second kappa shape index (κ2) is 11.2. The molecule has 0 radical (unpaired) electrons. The summed E-state index contributed by atoms with van der Waals surface area (Å²) in [6, 6.07) is 0.768. The molecule has 26 heavy (non-hydrogen) atoms. The number of likely N-dealkylation sites (tertiary alicyclic amines) is 2. The van der Waals surface area contributed by atoms with E-state index in [1.807, 2.05) is 27.7 Å². The van der Waals surface area contributed by atoms with Crippen molar-refractivity contribution in [2.45, 2.75) is 86.1 Å². The molecule has 0 aromatic heterocycles. The van der Waals surface area contributed by atoms with Gasteiger partial charge in [0.2, 0.25) is 0 Å². The van der Waals surface area contributed by atoms with Gasteiger partial charge in [0.15, 0.2) is 0 Å². The normalized spacial score (nSPS) is 32.4. The molecule has 0 aromatic rings. The largest absolute Gasteiger partial charge is 0.306 e. The van der Waals surface area contributed by atoms with Gasteiger partial charge in [-0.3, -0.25) is 4.21 Å². The average Bonchev–Trinajstić information content (AvgIpc) is 3.34. The van der Waals surface area contributed by atoms with Gasteiger partial charge in [0.1, 0.15) is 0 Å². The molecular formula is C22H46N2OS. The number of nitrogens with zero attached hydrogens (tertiary/aromatic N) is 2. The molecule has 4 heteroatoms. The van der Waals surface area contributed by atoms with Crippen LogP contribution in [0.1, 0.15) is 80.1 Å². The first kappa shape index (κ1) is 24.1. The lowest BCUT2D eigenvalue weighted by molar-refractivity contribution is 0.225. The highest BCUT2D eigenvalue weighted by Crippen LogP contribution is 2.45. The Morgan fingerprint density at radius 1 is 0.808 bits per heavy atom. The van der Waals surface area contributed by atoms with Gasteiger partial charge >= 0.3 is 0 Å². The number of rotatable bonds is 1. The quantitative estimate of drug-likeness (QED) is 0.648. The summed E-state index contributed by atoms with van der Waals surface area (Å²) >= 11 is 0. The Morgan fingerprint density at radius 3 is 1.73 bits per heavy atom. The van der Waals surface area contributed by atoms with Crippen LogP contribution in [0.15, 0.2) is 0 Å². The van der Waals surface area contributed by atoms with Crippen LogP contribution in [0.2, 0.25) is 0 Å². The van der Waals surface area contributed by atoms with E-state index in [4.69, 9.17) is 0 Å². The van der Waals surface area contributed by atoms with Crippen molar-refractivity contribution in [1.29, 1.82) is 0 Å². The molecule has 1 saturated carbocycles. The molecule has 0 unspecified atom stereocenters. The molecule has 0 atom stereocenters. The topological polar surface area (TPSA) is 23.6 Å². The zero-order valence-corrected chi connectivity index (χ0v) is 19.6. The first-order valence-corrected chi connectivity index (χ1v) is 12.7. The summed E-state index contributed by atoms with van der Waals surface area (Å²) in [5.41, 5.74) is 1.25. The average molecular weight is 387 g/mol. The number of hydrogen-bond donors (Lipinski definition) is 0. The molecule has 4 fully saturated rings. The van der Waals surface area contributed by atoms with Gasteiger partial charge in [-0.1, -0.05) is 40.5 Å². The lowest BCUT2D eigenvalue weighted by Gasteiger charge is -2.36.